The smallest absolute Gasteiger partial charge is 0.247 e. The molecule has 0 aromatic heterocycles. The second-order valence-corrected chi connectivity index (χ2v) is 13.6. The molecule has 2 bridgehead atoms. The molecule has 9 heteroatoms. The van der Waals surface area contributed by atoms with Gasteiger partial charge in [-0.2, -0.15) is 0 Å². The summed E-state index contributed by atoms with van der Waals surface area (Å²) in [6.07, 6.45) is 7.63. The Labute approximate surface area is 247 Å². The van der Waals surface area contributed by atoms with Crippen molar-refractivity contribution in [1.29, 1.82) is 0 Å². The Kier molecular flexibility index (Phi) is 7.85. The molecule has 3 N–H and O–H groups in total. The van der Waals surface area contributed by atoms with Crippen molar-refractivity contribution in [2.24, 2.45) is 29.1 Å². The van der Waals surface area contributed by atoms with Crippen LogP contribution in [0.25, 0.3) is 0 Å². The van der Waals surface area contributed by atoms with Gasteiger partial charge in [0.15, 0.2) is 11.5 Å². The maximum absolute atomic E-state index is 14.2. The molecule has 1 heterocycles. The Morgan fingerprint density at radius 2 is 1.95 bits per heavy atom. The Morgan fingerprint density at radius 1 is 1.19 bits per heavy atom. The lowest BCUT2D eigenvalue weighted by atomic mass is 9.45. The summed E-state index contributed by atoms with van der Waals surface area (Å²) in [4.78, 5) is 41.5. The van der Waals surface area contributed by atoms with E-state index in [0.29, 0.717) is 52.9 Å². The first-order chi connectivity index (χ1) is 20.2. The molecule has 6 aliphatic rings. The molecule has 0 radical (unpaired) electrons. The van der Waals surface area contributed by atoms with Crippen LogP contribution in [0.4, 0.5) is 0 Å². The van der Waals surface area contributed by atoms with E-state index >= 15 is 0 Å². The van der Waals surface area contributed by atoms with Gasteiger partial charge in [0.1, 0.15) is 18.5 Å². The van der Waals surface area contributed by atoms with Crippen LogP contribution < -0.4 is 14.8 Å². The number of carbonyl (C=O) groups is 3. The molecule has 0 spiro atoms. The molecule has 4 fully saturated rings. The van der Waals surface area contributed by atoms with E-state index in [1.807, 2.05) is 4.90 Å². The minimum Gasteiger partial charge on any atom is -0.493 e. The number of hydrogen-bond donors (Lipinski definition) is 3. The number of ether oxygens (including phenoxy) is 2. The van der Waals surface area contributed by atoms with Crippen molar-refractivity contribution in [3.8, 4) is 11.5 Å². The van der Waals surface area contributed by atoms with Gasteiger partial charge >= 0.3 is 0 Å². The third-order valence-corrected chi connectivity index (χ3v) is 11.2. The number of rotatable bonds is 9. The number of fused-ring (bicyclic) bond motifs is 5. The fourth-order valence-electron chi connectivity index (χ4n) is 8.76. The zero-order chi connectivity index (χ0) is 29.8. The second kappa shape index (κ2) is 11.3. The Bertz CT molecular complexity index is 1270. The van der Waals surface area contributed by atoms with Crippen molar-refractivity contribution in [1.82, 2.24) is 10.2 Å². The van der Waals surface area contributed by atoms with E-state index in [0.717, 1.165) is 44.4 Å². The van der Waals surface area contributed by atoms with Gasteiger partial charge in [0.2, 0.25) is 11.8 Å². The lowest BCUT2D eigenvalue weighted by Crippen LogP contribution is -2.60. The number of aliphatic hydroxyl groups is 2. The van der Waals surface area contributed by atoms with Crippen LogP contribution in [0.2, 0.25) is 0 Å². The first-order valence-corrected chi connectivity index (χ1v) is 15.6. The largest absolute Gasteiger partial charge is 0.493 e. The third kappa shape index (κ3) is 4.73. The van der Waals surface area contributed by atoms with Gasteiger partial charge in [-0.1, -0.05) is 26.7 Å². The highest BCUT2D eigenvalue weighted by Gasteiger charge is 2.56. The fraction of sp³-hybridized carbons (Fsp3) is 0.667. The SMILES string of the molecule is COc1cc(C=O)cc2c1O[C@@H]1[C@@H](O)[C@H](N(C[C@@H]3CC[C@H]4C[C@@H]3C4(C)C)C(=O)C3CCCC3)C=C(C(=O)NCCO)[C@H]21. The first-order valence-electron chi connectivity index (χ1n) is 15.6. The summed E-state index contributed by atoms with van der Waals surface area (Å²) in [5, 5.41) is 24.2. The van der Waals surface area contributed by atoms with E-state index in [1.165, 1.54) is 13.5 Å². The third-order valence-electron chi connectivity index (χ3n) is 11.2. The summed E-state index contributed by atoms with van der Waals surface area (Å²) in [5.41, 5.74) is 1.57. The molecule has 7 atom stereocenters. The molecule has 0 saturated heterocycles. The minimum absolute atomic E-state index is 0.0527. The van der Waals surface area contributed by atoms with Gasteiger partial charge in [-0.3, -0.25) is 14.4 Å². The van der Waals surface area contributed by atoms with Crippen LogP contribution in [0.15, 0.2) is 23.8 Å². The van der Waals surface area contributed by atoms with Crippen LogP contribution in [-0.2, 0) is 9.59 Å². The maximum Gasteiger partial charge on any atom is 0.247 e. The summed E-state index contributed by atoms with van der Waals surface area (Å²) < 4.78 is 11.9. The van der Waals surface area contributed by atoms with Crippen molar-refractivity contribution < 1.29 is 34.1 Å². The lowest BCUT2D eigenvalue weighted by Gasteiger charge is -2.61. The predicted octanol–water partition coefficient (Wildman–Crippen LogP) is 3.22. The summed E-state index contributed by atoms with van der Waals surface area (Å²) in [6, 6.07) is 2.50. The van der Waals surface area contributed by atoms with Crippen LogP contribution in [0.5, 0.6) is 11.5 Å². The number of methoxy groups -OCH3 is 1. The molecular weight excluding hydrogens is 536 g/mol. The van der Waals surface area contributed by atoms with E-state index in [1.54, 1.807) is 18.2 Å². The second-order valence-electron chi connectivity index (χ2n) is 13.6. The average molecular weight is 581 g/mol. The highest BCUT2D eigenvalue weighted by molar-refractivity contribution is 5.96. The van der Waals surface area contributed by atoms with Crippen molar-refractivity contribution >= 4 is 18.1 Å². The molecule has 228 valence electrons. The van der Waals surface area contributed by atoms with Crippen molar-refractivity contribution in [2.75, 3.05) is 26.8 Å². The standard InChI is InChI=1S/C33H44N2O7/c1-33(2)21-9-8-20(24(33)14-21)16-35(32(40)19-6-4-5-7-19)25-15-23(31(39)34-10-11-36)27-22-12-18(17-37)13-26(41-3)29(22)42-30(27)28(25)38/h12-13,15,17,19-21,24-25,27-28,30,36,38H,4-11,14,16H2,1-3H3,(H,34,39)/t20-,21-,24-,25+,27-,28-,30-/m0/s1. The number of amides is 2. The Balaban J connectivity index is 1.41. The van der Waals surface area contributed by atoms with Crippen LogP contribution in [0, 0.1) is 29.1 Å². The topological polar surface area (TPSA) is 125 Å². The summed E-state index contributed by atoms with van der Waals surface area (Å²) >= 11 is 0. The number of hydrogen-bond acceptors (Lipinski definition) is 7. The van der Waals surface area contributed by atoms with E-state index in [2.05, 4.69) is 19.2 Å². The average Bonchev–Trinajstić information content (AvgIpc) is 3.67. The lowest BCUT2D eigenvalue weighted by molar-refractivity contribution is -0.150. The fourth-order valence-corrected chi connectivity index (χ4v) is 8.76. The molecule has 4 saturated carbocycles. The van der Waals surface area contributed by atoms with Crippen molar-refractivity contribution in [3.63, 3.8) is 0 Å². The van der Waals surface area contributed by atoms with Crippen LogP contribution in [-0.4, -0.2) is 78.3 Å². The molecule has 7 rings (SSSR count). The van der Waals surface area contributed by atoms with Gasteiger partial charge in [-0.15, -0.1) is 0 Å². The van der Waals surface area contributed by atoms with Gasteiger partial charge in [-0.25, -0.2) is 0 Å². The summed E-state index contributed by atoms with van der Waals surface area (Å²) in [5.74, 6) is 1.24. The van der Waals surface area contributed by atoms with Crippen LogP contribution in [0.1, 0.15) is 80.6 Å². The molecule has 1 aliphatic heterocycles. The molecule has 0 unspecified atom stereocenters. The maximum atomic E-state index is 14.2. The molecule has 42 heavy (non-hydrogen) atoms. The van der Waals surface area contributed by atoms with E-state index in [4.69, 9.17) is 9.47 Å². The number of aldehydes is 1. The normalized spacial score (nSPS) is 32.5. The van der Waals surface area contributed by atoms with Gasteiger partial charge in [-0.05, 0) is 73.5 Å². The zero-order valence-corrected chi connectivity index (χ0v) is 24.9. The van der Waals surface area contributed by atoms with E-state index in [9.17, 15) is 24.6 Å². The monoisotopic (exact) mass is 580 g/mol. The summed E-state index contributed by atoms with van der Waals surface area (Å²) in [6.45, 7) is 5.08. The highest BCUT2D eigenvalue weighted by atomic mass is 16.5. The molecule has 5 aliphatic carbocycles. The first kappa shape index (κ1) is 29.2. The van der Waals surface area contributed by atoms with Crippen LogP contribution >= 0.6 is 0 Å². The van der Waals surface area contributed by atoms with Crippen molar-refractivity contribution in [3.05, 3.63) is 34.9 Å². The minimum atomic E-state index is -1.10. The number of benzene rings is 1. The van der Waals surface area contributed by atoms with Gasteiger partial charge < -0.3 is 29.9 Å². The molecular formula is C33H44N2O7. The van der Waals surface area contributed by atoms with Gasteiger partial charge in [0, 0.05) is 35.7 Å². The van der Waals surface area contributed by atoms with Gasteiger partial charge in [0.05, 0.1) is 25.7 Å². The van der Waals surface area contributed by atoms with Crippen molar-refractivity contribution in [2.45, 2.75) is 83.0 Å². The number of aliphatic hydroxyl groups excluding tert-OH is 2. The Hall–Kier alpha value is -2.91. The Morgan fingerprint density at radius 3 is 2.60 bits per heavy atom. The molecule has 9 nitrogen and oxygen atoms in total. The van der Waals surface area contributed by atoms with Gasteiger partial charge in [0.25, 0.3) is 0 Å². The predicted molar refractivity (Wildman–Crippen MR) is 155 cm³/mol. The molecule has 2 amide bonds. The summed E-state index contributed by atoms with van der Waals surface area (Å²) in [7, 11) is 1.48. The number of carbonyl (C=O) groups excluding carboxylic acids is 3. The quantitative estimate of drug-likeness (QED) is 0.383. The highest BCUT2D eigenvalue weighted by Crippen LogP contribution is 2.61. The zero-order valence-electron chi connectivity index (χ0n) is 24.9. The number of nitrogens with zero attached hydrogens (tertiary/aromatic N) is 1. The molecule has 1 aromatic rings. The molecule has 1 aromatic carbocycles. The van der Waals surface area contributed by atoms with E-state index < -0.39 is 30.1 Å². The van der Waals surface area contributed by atoms with E-state index in [-0.39, 0.29) is 30.4 Å². The van der Waals surface area contributed by atoms with Crippen LogP contribution in [0.3, 0.4) is 0 Å². The number of nitrogens with one attached hydrogen (secondary N) is 1.